The van der Waals surface area contributed by atoms with Crippen molar-refractivity contribution in [2.75, 3.05) is 25.6 Å². The number of hydrogen-bond donors (Lipinski definition) is 0. The molecule has 0 amide bonds. The Balaban J connectivity index is 1.85. The van der Waals surface area contributed by atoms with Gasteiger partial charge in [-0.25, -0.2) is 4.79 Å². The fourth-order valence-corrected chi connectivity index (χ4v) is 3.42. The number of esters is 1. The molecule has 2 aromatic rings. The van der Waals surface area contributed by atoms with Gasteiger partial charge in [0.05, 0.1) is 17.9 Å². The Morgan fingerprint density at radius 2 is 1.88 bits per heavy atom. The number of ether oxygens (including phenoxy) is 2. The minimum Gasteiger partial charge on any atom is -0.494 e. The first-order chi connectivity index (χ1) is 12.5. The molecule has 0 bridgehead atoms. The summed E-state index contributed by atoms with van der Waals surface area (Å²) in [6.07, 6.45) is 3.60. The van der Waals surface area contributed by atoms with Crippen LogP contribution in [0.15, 0.2) is 58.6 Å². The molecule has 3 rings (SSSR count). The number of carbonyl (C=O) groups is 1. The van der Waals surface area contributed by atoms with Crippen LogP contribution in [0.1, 0.15) is 18.1 Å². The van der Waals surface area contributed by atoms with E-state index in [9.17, 15) is 4.79 Å². The van der Waals surface area contributed by atoms with Crippen molar-refractivity contribution < 1.29 is 14.3 Å². The molecule has 0 fully saturated rings. The molecule has 0 radical (unpaired) electrons. The van der Waals surface area contributed by atoms with E-state index in [1.165, 1.54) is 0 Å². The van der Waals surface area contributed by atoms with Gasteiger partial charge in [0.15, 0.2) is 0 Å². The maximum absolute atomic E-state index is 12.2. The Morgan fingerprint density at radius 1 is 1.15 bits per heavy atom. The van der Waals surface area contributed by atoms with Gasteiger partial charge in [-0.2, -0.15) is 0 Å². The van der Waals surface area contributed by atoms with E-state index in [0.29, 0.717) is 17.9 Å². The Morgan fingerprint density at radius 3 is 2.50 bits per heavy atom. The molecule has 1 heterocycles. The molecule has 4 nitrogen and oxygen atoms in total. The second-order valence-electron chi connectivity index (χ2n) is 6.06. The van der Waals surface area contributed by atoms with Gasteiger partial charge >= 0.3 is 5.97 Å². The fourth-order valence-electron chi connectivity index (χ4n) is 2.67. The molecule has 0 aliphatic carbocycles. The lowest BCUT2D eigenvalue weighted by atomic mass is 10.1. The highest BCUT2D eigenvalue weighted by Crippen LogP contribution is 2.30. The van der Waals surface area contributed by atoms with E-state index < -0.39 is 0 Å². The fraction of sp³-hybridized carbons (Fsp3) is 0.190. The van der Waals surface area contributed by atoms with Crippen LogP contribution < -0.4 is 9.64 Å². The van der Waals surface area contributed by atoms with Crippen LogP contribution in [0, 0.1) is 0 Å². The number of halogens is 1. The predicted octanol–water partition coefficient (Wildman–Crippen LogP) is 4.90. The van der Waals surface area contributed by atoms with Crippen molar-refractivity contribution in [1.82, 2.24) is 0 Å². The zero-order valence-electron chi connectivity index (χ0n) is 15.0. The minimum absolute atomic E-state index is 0.346. The van der Waals surface area contributed by atoms with Crippen LogP contribution in [-0.4, -0.2) is 26.7 Å². The predicted molar refractivity (Wildman–Crippen MR) is 108 cm³/mol. The summed E-state index contributed by atoms with van der Waals surface area (Å²) in [6, 6.07) is 13.5. The van der Waals surface area contributed by atoms with Crippen LogP contribution >= 0.6 is 15.9 Å². The third kappa shape index (κ3) is 3.99. The summed E-state index contributed by atoms with van der Waals surface area (Å²) in [4.78, 5) is 14.2. The average Bonchev–Trinajstić information content (AvgIpc) is 2.96. The molecule has 0 unspecified atom stereocenters. The Labute approximate surface area is 161 Å². The average molecular weight is 414 g/mol. The highest BCUT2D eigenvalue weighted by atomic mass is 79.9. The van der Waals surface area contributed by atoms with Crippen LogP contribution in [-0.2, 0) is 9.53 Å². The first-order valence-electron chi connectivity index (χ1n) is 8.33. The first-order valence-corrected chi connectivity index (χ1v) is 9.13. The maximum atomic E-state index is 12.2. The van der Waals surface area contributed by atoms with E-state index in [4.69, 9.17) is 9.47 Å². The SMILES string of the molecule is CCOc1ccc(C2=C/C(=C\c3ccc(N(C)C)c(Br)c3)C(=O)O2)cc1. The van der Waals surface area contributed by atoms with Gasteiger partial charge in [-0.15, -0.1) is 0 Å². The number of anilines is 1. The molecular formula is C21H20BrNO3. The van der Waals surface area contributed by atoms with E-state index >= 15 is 0 Å². The van der Waals surface area contributed by atoms with Crippen LogP contribution in [0.2, 0.25) is 0 Å². The summed E-state index contributed by atoms with van der Waals surface area (Å²) in [5.41, 5.74) is 3.37. The van der Waals surface area contributed by atoms with Crippen molar-refractivity contribution in [1.29, 1.82) is 0 Å². The van der Waals surface area contributed by atoms with E-state index in [-0.39, 0.29) is 5.97 Å². The molecule has 26 heavy (non-hydrogen) atoms. The summed E-state index contributed by atoms with van der Waals surface area (Å²) in [5, 5.41) is 0. The van der Waals surface area contributed by atoms with Gasteiger partial charge in [0, 0.05) is 24.1 Å². The van der Waals surface area contributed by atoms with Crippen LogP contribution in [0.4, 0.5) is 5.69 Å². The van der Waals surface area contributed by atoms with Gasteiger partial charge in [-0.05, 0) is 77.0 Å². The second kappa shape index (κ2) is 7.79. The second-order valence-corrected chi connectivity index (χ2v) is 6.91. The normalized spacial score (nSPS) is 15.0. The van der Waals surface area contributed by atoms with Crippen LogP contribution in [0.25, 0.3) is 11.8 Å². The highest BCUT2D eigenvalue weighted by Gasteiger charge is 2.22. The topological polar surface area (TPSA) is 38.8 Å². The van der Waals surface area contributed by atoms with Gasteiger partial charge < -0.3 is 14.4 Å². The largest absolute Gasteiger partial charge is 0.494 e. The molecule has 1 aliphatic heterocycles. The number of nitrogens with zero attached hydrogens (tertiary/aromatic N) is 1. The molecule has 0 atom stereocenters. The zero-order chi connectivity index (χ0) is 18.7. The number of rotatable bonds is 5. The van der Waals surface area contributed by atoms with Gasteiger partial charge in [-0.1, -0.05) is 6.07 Å². The minimum atomic E-state index is -0.346. The van der Waals surface area contributed by atoms with Crippen molar-refractivity contribution in [3.8, 4) is 5.75 Å². The molecule has 0 spiro atoms. The monoisotopic (exact) mass is 413 g/mol. The summed E-state index contributed by atoms with van der Waals surface area (Å²) in [5.74, 6) is 0.998. The molecule has 0 aromatic heterocycles. The first kappa shape index (κ1) is 18.3. The van der Waals surface area contributed by atoms with Gasteiger partial charge in [0.2, 0.25) is 0 Å². The van der Waals surface area contributed by atoms with Crippen molar-refractivity contribution in [2.24, 2.45) is 0 Å². The molecule has 0 N–H and O–H groups in total. The van der Waals surface area contributed by atoms with Crippen LogP contribution in [0.5, 0.6) is 5.75 Å². The zero-order valence-corrected chi connectivity index (χ0v) is 16.5. The van der Waals surface area contributed by atoms with Crippen LogP contribution in [0.3, 0.4) is 0 Å². The third-order valence-corrected chi connectivity index (χ3v) is 4.59. The lowest BCUT2D eigenvalue weighted by molar-refractivity contribution is -0.130. The van der Waals surface area contributed by atoms with E-state index in [2.05, 4.69) is 15.9 Å². The summed E-state index contributed by atoms with van der Waals surface area (Å²) >= 11 is 3.57. The van der Waals surface area contributed by atoms with Gasteiger partial charge in [0.25, 0.3) is 0 Å². The molecule has 0 saturated heterocycles. The molecule has 5 heteroatoms. The summed E-state index contributed by atoms with van der Waals surface area (Å²) < 4.78 is 11.8. The number of hydrogen-bond acceptors (Lipinski definition) is 4. The Bertz CT molecular complexity index is 883. The van der Waals surface area contributed by atoms with Gasteiger partial charge in [-0.3, -0.25) is 0 Å². The number of carbonyl (C=O) groups excluding carboxylic acids is 1. The summed E-state index contributed by atoms with van der Waals surface area (Å²) in [6.45, 7) is 2.56. The standard InChI is InChI=1S/C21H20BrNO3/c1-4-25-17-8-6-15(7-9-17)20-13-16(21(24)26-20)11-14-5-10-19(23(2)3)18(22)12-14/h5-13H,4H2,1-3H3/b16-11+. The molecular weight excluding hydrogens is 394 g/mol. The molecule has 0 saturated carbocycles. The van der Waals surface area contributed by atoms with E-state index in [0.717, 1.165) is 27.0 Å². The Hall–Kier alpha value is -2.53. The summed E-state index contributed by atoms with van der Waals surface area (Å²) in [7, 11) is 3.97. The number of benzene rings is 2. The smallest absolute Gasteiger partial charge is 0.343 e. The van der Waals surface area contributed by atoms with E-state index in [1.807, 2.05) is 74.5 Å². The van der Waals surface area contributed by atoms with Crippen molar-refractivity contribution >= 4 is 39.4 Å². The number of cyclic esters (lactones) is 1. The quantitative estimate of drug-likeness (QED) is 0.516. The van der Waals surface area contributed by atoms with Crippen molar-refractivity contribution in [3.63, 3.8) is 0 Å². The third-order valence-electron chi connectivity index (χ3n) is 3.95. The molecule has 134 valence electrons. The highest BCUT2D eigenvalue weighted by molar-refractivity contribution is 9.10. The Kier molecular flexibility index (Phi) is 5.47. The maximum Gasteiger partial charge on any atom is 0.343 e. The lowest BCUT2D eigenvalue weighted by Gasteiger charge is -2.14. The molecule has 1 aliphatic rings. The lowest BCUT2D eigenvalue weighted by Crippen LogP contribution is -2.09. The molecule has 2 aromatic carbocycles. The van der Waals surface area contributed by atoms with E-state index in [1.54, 1.807) is 6.08 Å². The van der Waals surface area contributed by atoms with Gasteiger partial charge in [0.1, 0.15) is 11.5 Å². The van der Waals surface area contributed by atoms with Crippen molar-refractivity contribution in [2.45, 2.75) is 6.92 Å². The van der Waals surface area contributed by atoms with Crippen molar-refractivity contribution in [3.05, 3.63) is 69.7 Å².